The van der Waals surface area contributed by atoms with Gasteiger partial charge in [0.05, 0.1) is 22.6 Å². The lowest BCUT2D eigenvalue weighted by atomic mass is 10.1. The molecule has 0 radical (unpaired) electrons. The largest absolute Gasteiger partial charge is 0.342 e. The summed E-state index contributed by atoms with van der Waals surface area (Å²) < 4.78 is 2.20. The van der Waals surface area contributed by atoms with E-state index in [1.807, 2.05) is 31.2 Å². The molecule has 0 bridgehead atoms. The second-order valence-electron chi connectivity index (χ2n) is 6.78. The molecule has 5 nitrogen and oxygen atoms in total. The Bertz CT molecular complexity index is 1070. The lowest BCUT2D eigenvalue weighted by Crippen LogP contribution is -2.29. The smallest absolute Gasteiger partial charge is 0.253 e. The number of pyridine rings is 1. The molecular formula is C23H22N4O. The van der Waals surface area contributed by atoms with Crippen LogP contribution in [0.1, 0.15) is 34.7 Å². The van der Waals surface area contributed by atoms with Crippen LogP contribution in [-0.4, -0.2) is 20.4 Å². The van der Waals surface area contributed by atoms with Crippen LogP contribution >= 0.6 is 0 Å². The van der Waals surface area contributed by atoms with E-state index in [1.54, 1.807) is 24.5 Å². The summed E-state index contributed by atoms with van der Waals surface area (Å²) in [6, 6.07) is 21.8. The molecule has 1 unspecified atom stereocenters. The predicted molar refractivity (Wildman–Crippen MR) is 110 cm³/mol. The molecule has 2 aromatic carbocycles. The summed E-state index contributed by atoms with van der Waals surface area (Å²) in [4.78, 5) is 21.4. The summed E-state index contributed by atoms with van der Waals surface area (Å²) >= 11 is 0. The lowest BCUT2D eigenvalue weighted by molar-refractivity contribution is 0.0937. The molecule has 2 aromatic heterocycles. The van der Waals surface area contributed by atoms with E-state index in [1.165, 1.54) is 5.56 Å². The summed E-state index contributed by atoms with van der Waals surface area (Å²) in [6.45, 7) is 2.77. The van der Waals surface area contributed by atoms with Crippen molar-refractivity contribution in [3.05, 3.63) is 96.1 Å². The summed E-state index contributed by atoms with van der Waals surface area (Å²) in [5.41, 5.74) is 3.84. The standard InChI is InChI=1S/C23H22N4O/c1-17(25-23(28)19-10-7-14-24-16-19)22-26-20-11-5-6-12-21(20)27(22)15-13-18-8-3-2-4-9-18/h2-12,14,16-17H,13,15H2,1H3,(H,25,28). The van der Waals surface area contributed by atoms with E-state index in [0.29, 0.717) is 5.56 Å². The van der Waals surface area contributed by atoms with Crippen molar-refractivity contribution < 1.29 is 4.79 Å². The number of carbonyl (C=O) groups excluding carboxylic acids is 1. The van der Waals surface area contributed by atoms with Crippen molar-refractivity contribution >= 4 is 16.9 Å². The summed E-state index contributed by atoms with van der Waals surface area (Å²) in [5, 5.41) is 3.05. The van der Waals surface area contributed by atoms with Gasteiger partial charge in [0.1, 0.15) is 5.82 Å². The number of amides is 1. The highest BCUT2D eigenvalue weighted by atomic mass is 16.1. The van der Waals surface area contributed by atoms with Gasteiger partial charge in [-0.05, 0) is 43.2 Å². The van der Waals surface area contributed by atoms with E-state index < -0.39 is 0 Å². The number of rotatable bonds is 6. The third-order valence-corrected chi connectivity index (χ3v) is 4.81. The quantitative estimate of drug-likeness (QED) is 0.554. The second kappa shape index (κ2) is 8.05. The maximum atomic E-state index is 12.5. The molecule has 28 heavy (non-hydrogen) atoms. The van der Waals surface area contributed by atoms with Crippen LogP contribution in [-0.2, 0) is 13.0 Å². The minimum absolute atomic E-state index is 0.151. The summed E-state index contributed by atoms with van der Waals surface area (Å²) in [5.74, 6) is 0.705. The highest BCUT2D eigenvalue weighted by Gasteiger charge is 2.19. The third kappa shape index (κ3) is 3.78. The number of hydrogen-bond donors (Lipinski definition) is 1. The number of aromatic nitrogens is 3. The zero-order valence-corrected chi connectivity index (χ0v) is 15.7. The Morgan fingerprint density at radius 1 is 1.04 bits per heavy atom. The molecule has 4 rings (SSSR count). The first-order valence-corrected chi connectivity index (χ1v) is 9.42. The van der Waals surface area contributed by atoms with E-state index in [-0.39, 0.29) is 11.9 Å². The molecule has 0 aliphatic rings. The molecule has 0 aliphatic heterocycles. The van der Waals surface area contributed by atoms with Gasteiger partial charge < -0.3 is 9.88 Å². The molecule has 1 atom stereocenters. The van der Waals surface area contributed by atoms with Gasteiger partial charge in [0.2, 0.25) is 0 Å². The highest BCUT2D eigenvalue weighted by Crippen LogP contribution is 2.22. The van der Waals surface area contributed by atoms with Gasteiger partial charge in [-0.25, -0.2) is 4.98 Å². The van der Waals surface area contributed by atoms with Crippen molar-refractivity contribution in [1.82, 2.24) is 19.9 Å². The molecule has 0 saturated carbocycles. The Morgan fingerprint density at radius 2 is 1.82 bits per heavy atom. The Labute approximate surface area is 164 Å². The maximum Gasteiger partial charge on any atom is 0.253 e. The normalized spacial score (nSPS) is 12.0. The summed E-state index contributed by atoms with van der Waals surface area (Å²) in [6.07, 6.45) is 4.13. The number of fused-ring (bicyclic) bond motifs is 1. The number of nitrogens with zero attached hydrogens (tertiary/aromatic N) is 3. The average Bonchev–Trinajstić information content (AvgIpc) is 3.12. The van der Waals surface area contributed by atoms with Gasteiger partial charge in [-0.3, -0.25) is 9.78 Å². The van der Waals surface area contributed by atoms with Crippen LogP contribution in [0.3, 0.4) is 0 Å². The highest BCUT2D eigenvalue weighted by molar-refractivity contribution is 5.94. The second-order valence-corrected chi connectivity index (χ2v) is 6.78. The van der Waals surface area contributed by atoms with E-state index in [2.05, 4.69) is 45.2 Å². The number of aryl methyl sites for hydroxylation is 2. The molecule has 4 aromatic rings. The molecule has 0 aliphatic carbocycles. The fourth-order valence-corrected chi connectivity index (χ4v) is 3.39. The van der Waals surface area contributed by atoms with Gasteiger partial charge >= 0.3 is 0 Å². The maximum absolute atomic E-state index is 12.5. The van der Waals surface area contributed by atoms with Crippen LogP contribution in [0.15, 0.2) is 79.1 Å². The molecule has 0 spiro atoms. The van der Waals surface area contributed by atoms with Gasteiger partial charge in [0.15, 0.2) is 0 Å². The monoisotopic (exact) mass is 370 g/mol. The summed E-state index contributed by atoms with van der Waals surface area (Å²) in [7, 11) is 0. The van der Waals surface area contributed by atoms with E-state index in [4.69, 9.17) is 4.98 Å². The van der Waals surface area contributed by atoms with Crippen LogP contribution in [0.2, 0.25) is 0 Å². The minimum Gasteiger partial charge on any atom is -0.342 e. The fraction of sp³-hybridized carbons (Fsp3) is 0.174. The molecule has 0 fully saturated rings. The number of imidazole rings is 1. The third-order valence-electron chi connectivity index (χ3n) is 4.81. The van der Waals surface area contributed by atoms with E-state index in [0.717, 1.165) is 29.8 Å². The first kappa shape index (κ1) is 17.9. The predicted octanol–water partition coefficient (Wildman–Crippen LogP) is 4.17. The number of benzene rings is 2. The van der Waals surface area contributed by atoms with Gasteiger partial charge in [0.25, 0.3) is 5.91 Å². The van der Waals surface area contributed by atoms with Crippen molar-refractivity contribution in [2.75, 3.05) is 0 Å². The Kier molecular flexibility index (Phi) is 5.15. The van der Waals surface area contributed by atoms with Crippen molar-refractivity contribution in [3.8, 4) is 0 Å². The van der Waals surface area contributed by atoms with Gasteiger partial charge in [0, 0.05) is 18.9 Å². The molecule has 140 valence electrons. The molecule has 5 heteroatoms. The van der Waals surface area contributed by atoms with Crippen molar-refractivity contribution in [1.29, 1.82) is 0 Å². The minimum atomic E-state index is -0.226. The average molecular weight is 370 g/mol. The molecule has 1 amide bonds. The van der Waals surface area contributed by atoms with Crippen molar-refractivity contribution in [2.24, 2.45) is 0 Å². The van der Waals surface area contributed by atoms with Crippen LogP contribution < -0.4 is 5.32 Å². The molecule has 2 heterocycles. The van der Waals surface area contributed by atoms with Gasteiger partial charge in [-0.1, -0.05) is 42.5 Å². The van der Waals surface area contributed by atoms with E-state index >= 15 is 0 Å². The molecule has 1 N–H and O–H groups in total. The number of nitrogens with one attached hydrogen (secondary N) is 1. The zero-order valence-electron chi connectivity index (χ0n) is 15.7. The number of para-hydroxylation sites is 2. The Hall–Kier alpha value is -3.47. The molecular weight excluding hydrogens is 348 g/mol. The number of carbonyl (C=O) groups is 1. The van der Waals surface area contributed by atoms with Crippen molar-refractivity contribution in [3.63, 3.8) is 0 Å². The van der Waals surface area contributed by atoms with Crippen LogP contribution in [0.25, 0.3) is 11.0 Å². The topological polar surface area (TPSA) is 59.8 Å². The van der Waals surface area contributed by atoms with E-state index in [9.17, 15) is 4.79 Å². The van der Waals surface area contributed by atoms with Crippen LogP contribution in [0, 0.1) is 0 Å². The van der Waals surface area contributed by atoms with Crippen LogP contribution in [0.4, 0.5) is 0 Å². The Balaban J connectivity index is 1.61. The molecule has 0 saturated heterocycles. The first-order chi connectivity index (χ1) is 13.7. The fourth-order valence-electron chi connectivity index (χ4n) is 3.39. The Morgan fingerprint density at radius 3 is 2.61 bits per heavy atom. The van der Waals surface area contributed by atoms with Gasteiger partial charge in [-0.2, -0.15) is 0 Å². The SMILES string of the molecule is CC(NC(=O)c1cccnc1)c1nc2ccccc2n1CCc1ccccc1. The van der Waals surface area contributed by atoms with Crippen LogP contribution in [0.5, 0.6) is 0 Å². The first-order valence-electron chi connectivity index (χ1n) is 9.42. The zero-order chi connectivity index (χ0) is 19.3. The number of hydrogen-bond acceptors (Lipinski definition) is 3. The lowest BCUT2D eigenvalue weighted by Gasteiger charge is -2.16. The van der Waals surface area contributed by atoms with Gasteiger partial charge in [-0.15, -0.1) is 0 Å². The van der Waals surface area contributed by atoms with Crippen molar-refractivity contribution in [2.45, 2.75) is 25.9 Å².